The average molecular weight is 423 g/mol. The van der Waals surface area contributed by atoms with E-state index < -0.39 is 0 Å². The monoisotopic (exact) mass is 422 g/mol. The summed E-state index contributed by atoms with van der Waals surface area (Å²) in [6.45, 7) is 3.35. The molecule has 0 aliphatic carbocycles. The number of anilines is 1. The van der Waals surface area contributed by atoms with Gasteiger partial charge < -0.3 is 9.80 Å². The first-order valence-corrected chi connectivity index (χ1v) is 10.8. The Morgan fingerprint density at radius 2 is 1.58 bits per heavy atom. The Kier molecular flexibility index (Phi) is 6.60. The molecule has 0 unspecified atom stereocenters. The number of hydrogen-bond acceptors (Lipinski definition) is 4. The maximum atomic E-state index is 13.2. The third-order valence-corrected chi connectivity index (χ3v) is 5.79. The van der Waals surface area contributed by atoms with E-state index in [0.717, 1.165) is 36.3 Å². The van der Waals surface area contributed by atoms with Gasteiger partial charge in [-0.1, -0.05) is 30.3 Å². The molecule has 2 amide bonds. The lowest BCUT2D eigenvalue weighted by Gasteiger charge is -2.24. The Bertz CT molecular complexity index is 946. The van der Waals surface area contributed by atoms with Crippen molar-refractivity contribution in [2.75, 3.05) is 37.6 Å². The molecule has 7 heteroatoms. The minimum Gasteiger partial charge on any atom is -0.370 e. The molecule has 2 aromatic carbocycles. The summed E-state index contributed by atoms with van der Waals surface area (Å²) in [7, 11) is 0. The molecule has 1 saturated heterocycles. The van der Waals surface area contributed by atoms with E-state index in [9.17, 15) is 14.0 Å². The van der Waals surface area contributed by atoms with Crippen LogP contribution in [0.1, 0.15) is 31.2 Å². The zero-order valence-electron chi connectivity index (χ0n) is 17.5. The van der Waals surface area contributed by atoms with Gasteiger partial charge >= 0.3 is 0 Å². The fraction of sp³-hybridized carbons (Fsp3) is 0.375. The molecule has 31 heavy (non-hydrogen) atoms. The number of hydrazone groups is 1. The Balaban J connectivity index is 1.26. The quantitative estimate of drug-likeness (QED) is 0.743. The number of nitrogens with zero attached hydrogens (tertiary/aromatic N) is 4. The first kappa shape index (κ1) is 21.0. The van der Waals surface area contributed by atoms with Crippen molar-refractivity contribution in [2.24, 2.45) is 5.10 Å². The van der Waals surface area contributed by atoms with Crippen molar-refractivity contribution < 1.29 is 14.0 Å². The van der Waals surface area contributed by atoms with E-state index in [1.807, 2.05) is 35.2 Å². The molecule has 0 bridgehead atoms. The van der Waals surface area contributed by atoms with Gasteiger partial charge in [-0.05, 0) is 36.2 Å². The molecule has 0 aromatic heterocycles. The van der Waals surface area contributed by atoms with Crippen molar-refractivity contribution in [1.29, 1.82) is 0 Å². The Morgan fingerprint density at radius 3 is 2.35 bits per heavy atom. The molecule has 0 N–H and O–H groups in total. The zero-order valence-corrected chi connectivity index (χ0v) is 17.5. The lowest BCUT2D eigenvalue weighted by atomic mass is 10.1. The number of carbonyl (C=O) groups excluding carboxylic acids is 2. The largest absolute Gasteiger partial charge is 0.370 e. The normalized spacial score (nSPS) is 16.8. The van der Waals surface area contributed by atoms with Crippen LogP contribution in [-0.2, 0) is 9.59 Å². The summed E-state index contributed by atoms with van der Waals surface area (Å²) in [4.78, 5) is 29.2. The van der Waals surface area contributed by atoms with E-state index in [-0.39, 0.29) is 30.5 Å². The van der Waals surface area contributed by atoms with E-state index in [2.05, 4.69) is 10.0 Å². The predicted molar refractivity (Wildman–Crippen MR) is 118 cm³/mol. The number of rotatable bonds is 5. The molecular formula is C24H27FN4O2. The highest BCUT2D eigenvalue weighted by atomic mass is 19.1. The first-order chi connectivity index (χ1) is 15.1. The number of halogens is 1. The van der Waals surface area contributed by atoms with E-state index in [4.69, 9.17) is 0 Å². The topological polar surface area (TPSA) is 56.2 Å². The van der Waals surface area contributed by atoms with Crippen LogP contribution in [0.2, 0.25) is 0 Å². The van der Waals surface area contributed by atoms with Crippen LogP contribution in [0, 0.1) is 5.82 Å². The van der Waals surface area contributed by atoms with Crippen LogP contribution >= 0.6 is 0 Å². The SMILES string of the molecule is O=C(CCC(=O)N1CCC(c2ccccc2)=N1)N1CCCN(c2ccc(F)cc2)CC1. The van der Waals surface area contributed by atoms with E-state index >= 15 is 0 Å². The summed E-state index contributed by atoms with van der Waals surface area (Å²) in [5.74, 6) is -0.360. The molecule has 1 fully saturated rings. The molecule has 0 atom stereocenters. The van der Waals surface area contributed by atoms with Crippen molar-refractivity contribution in [2.45, 2.75) is 25.7 Å². The molecule has 0 radical (unpaired) electrons. The van der Waals surface area contributed by atoms with Crippen molar-refractivity contribution in [1.82, 2.24) is 9.91 Å². The van der Waals surface area contributed by atoms with Crippen LogP contribution in [0.25, 0.3) is 0 Å². The molecule has 0 saturated carbocycles. The maximum Gasteiger partial charge on any atom is 0.243 e. The summed E-state index contributed by atoms with van der Waals surface area (Å²) < 4.78 is 13.2. The van der Waals surface area contributed by atoms with Gasteiger partial charge in [0.05, 0.1) is 12.3 Å². The van der Waals surface area contributed by atoms with Crippen LogP contribution in [0.5, 0.6) is 0 Å². The van der Waals surface area contributed by atoms with Crippen molar-refractivity contribution in [3.05, 3.63) is 66.0 Å². The minimum absolute atomic E-state index is 0.000709. The van der Waals surface area contributed by atoms with E-state index in [1.165, 1.54) is 17.1 Å². The number of hydrogen-bond donors (Lipinski definition) is 0. The molecule has 0 spiro atoms. The standard InChI is InChI=1S/C24H27FN4O2/c25-20-7-9-21(10-8-20)27-14-4-15-28(18-17-27)23(30)11-12-24(31)29-16-13-22(26-29)19-5-2-1-3-6-19/h1-3,5-10H,4,11-18H2. The third kappa shape index (κ3) is 5.29. The lowest BCUT2D eigenvalue weighted by Crippen LogP contribution is -2.36. The Morgan fingerprint density at radius 1 is 0.839 bits per heavy atom. The summed E-state index contributed by atoms with van der Waals surface area (Å²) in [6.07, 6.45) is 1.94. The second-order valence-corrected chi connectivity index (χ2v) is 7.88. The van der Waals surface area contributed by atoms with E-state index in [0.29, 0.717) is 26.2 Å². The van der Waals surface area contributed by atoms with E-state index in [1.54, 1.807) is 12.1 Å². The van der Waals surface area contributed by atoms with Crippen LogP contribution in [-0.4, -0.2) is 60.2 Å². The highest BCUT2D eigenvalue weighted by Gasteiger charge is 2.24. The molecule has 2 aromatic rings. The molecule has 2 aliphatic heterocycles. The smallest absolute Gasteiger partial charge is 0.243 e. The minimum atomic E-state index is -0.252. The second kappa shape index (κ2) is 9.73. The molecule has 2 aliphatic rings. The van der Waals surface area contributed by atoms with Gasteiger partial charge in [-0.15, -0.1) is 0 Å². The van der Waals surface area contributed by atoms with Gasteiger partial charge in [0.25, 0.3) is 0 Å². The number of carbonyl (C=O) groups is 2. The summed E-state index contributed by atoms with van der Waals surface area (Å²) in [5.41, 5.74) is 2.91. The van der Waals surface area contributed by atoms with Crippen LogP contribution < -0.4 is 4.90 Å². The van der Waals surface area contributed by atoms with Crippen LogP contribution in [0.3, 0.4) is 0 Å². The highest BCUT2D eigenvalue weighted by Crippen LogP contribution is 2.18. The van der Waals surface area contributed by atoms with Crippen molar-refractivity contribution >= 4 is 23.2 Å². The van der Waals surface area contributed by atoms with Gasteiger partial charge in [0.15, 0.2) is 0 Å². The summed E-state index contributed by atoms with van der Waals surface area (Å²) in [6, 6.07) is 16.3. The molecule has 4 rings (SSSR count). The Labute approximate surface area is 181 Å². The number of amides is 2. The summed E-state index contributed by atoms with van der Waals surface area (Å²) >= 11 is 0. The maximum absolute atomic E-state index is 13.2. The van der Waals surface area contributed by atoms with Crippen molar-refractivity contribution in [3.63, 3.8) is 0 Å². The van der Waals surface area contributed by atoms with Gasteiger partial charge in [0, 0.05) is 51.1 Å². The fourth-order valence-corrected chi connectivity index (χ4v) is 4.05. The highest BCUT2D eigenvalue weighted by molar-refractivity contribution is 6.02. The average Bonchev–Trinajstić information content (AvgIpc) is 3.17. The zero-order chi connectivity index (χ0) is 21.6. The lowest BCUT2D eigenvalue weighted by molar-refractivity contribution is -0.136. The number of benzene rings is 2. The molecule has 2 heterocycles. The van der Waals surface area contributed by atoms with Crippen LogP contribution in [0.4, 0.5) is 10.1 Å². The predicted octanol–water partition coefficient (Wildman–Crippen LogP) is 3.28. The van der Waals surface area contributed by atoms with Gasteiger partial charge in [-0.2, -0.15) is 5.10 Å². The second-order valence-electron chi connectivity index (χ2n) is 7.88. The van der Waals surface area contributed by atoms with Crippen LogP contribution in [0.15, 0.2) is 59.7 Å². The molecule has 162 valence electrons. The van der Waals surface area contributed by atoms with Gasteiger partial charge in [-0.25, -0.2) is 9.40 Å². The third-order valence-electron chi connectivity index (χ3n) is 5.79. The first-order valence-electron chi connectivity index (χ1n) is 10.8. The molecule has 6 nitrogen and oxygen atoms in total. The van der Waals surface area contributed by atoms with Crippen molar-refractivity contribution in [3.8, 4) is 0 Å². The molecular weight excluding hydrogens is 395 g/mol. The van der Waals surface area contributed by atoms with Gasteiger partial charge in [0.1, 0.15) is 5.82 Å². The summed E-state index contributed by atoms with van der Waals surface area (Å²) in [5, 5.41) is 5.95. The Hall–Kier alpha value is -3.22. The fourth-order valence-electron chi connectivity index (χ4n) is 4.05. The van der Waals surface area contributed by atoms with Gasteiger partial charge in [-0.3, -0.25) is 9.59 Å². The van der Waals surface area contributed by atoms with Gasteiger partial charge in [0.2, 0.25) is 11.8 Å².